The van der Waals surface area contributed by atoms with Crippen LogP contribution in [0.1, 0.15) is 2.85 Å². The molecule has 0 aliphatic rings. The van der Waals surface area contributed by atoms with Crippen LogP contribution >= 0.6 is 0 Å². The van der Waals surface area contributed by atoms with Gasteiger partial charge in [-0.05, 0) is 6.16 Å². The average molecular weight is 190 g/mol. The molecule has 6 heavy (non-hydrogen) atoms. The van der Waals surface area contributed by atoms with Crippen molar-refractivity contribution in [2.24, 2.45) is 0 Å². The molecule has 0 spiro atoms. The molecule has 0 fully saturated rings. The van der Waals surface area contributed by atoms with Crippen LogP contribution < -0.4 is 10.2 Å². The molecule has 0 atom stereocenters. The van der Waals surface area contributed by atoms with Gasteiger partial charge in [0.1, 0.15) is 0 Å². The first kappa shape index (κ1) is 15.7. The Morgan fingerprint density at radius 2 is 1.50 bits per heavy atom. The Labute approximate surface area is 105 Å². The fraction of sp³-hybridized carbons (Fsp3) is 0. The molecule has 0 heterocycles. The maximum absolute atomic E-state index is 8.33. The van der Waals surface area contributed by atoms with Crippen LogP contribution in [-0.2, 0) is 0 Å². The molecule has 0 radical (unpaired) electrons. The number of hydrogen-bond donors (Lipinski definition) is 0. The van der Waals surface area contributed by atoms with Gasteiger partial charge in [0.05, 0.1) is 0 Å². The third-order valence-corrected chi connectivity index (χ3v) is 0. The summed E-state index contributed by atoms with van der Waals surface area (Å²) in [7, 11) is 0. The van der Waals surface area contributed by atoms with Gasteiger partial charge in [0, 0.05) is 0 Å². The summed E-state index contributed by atoms with van der Waals surface area (Å²) in [6, 6.07) is 0. The summed E-state index contributed by atoms with van der Waals surface area (Å²) in [5, 5.41) is 16.7. The van der Waals surface area contributed by atoms with Gasteiger partial charge in [0.25, 0.3) is 0 Å². The normalized spacial score (nSPS) is 4.00. The van der Waals surface area contributed by atoms with Gasteiger partial charge in [-0.25, -0.2) is 0 Å². The molecule has 0 saturated carbocycles. The van der Waals surface area contributed by atoms with E-state index in [1.165, 1.54) is 0 Å². The van der Waals surface area contributed by atoms with Crippen molar-refractivity contribution < 1.29 is 17.9 Å². The second kappa shape index (κ2) is 10.1. The summed E-state index contributed by atoms with van der Waals surface area (Å²) in [5.74, 6) is 0. The zero-order chi connectivity index (χ0) is 3.58. The minimum absolute atomic E-state index is 0. The van der Waals surface area contributed by atoms with Gasteiger partial charge in [-0.15, -0.1) is 0 Å². The Kier molecular flexibility index (Phi) is 26.4. The van der Waals surface area contributed by atoms with Gasteiger partial charge >= 0.3 is 83.2 Å². The first-order valence-corrected chi connectivity index (χ1v) is 0.612. The molecule has 0 aromatic carbocycles. The second-order valence-electron chi connectivity index (χ2n) is 0.250. The van der Waals surface area contributed by atoms with Gasteiger partial charge in [-0.3, -0.25) is 0 Å². The molecule has 0 rings (SSSR count). The van der Waals surface area contributed by atoms with Crippen molar-refractivity contribution in [1.82, 2.24) is 0 Å². The van der Waals surface area contributed by atoms with E-state index in [1.807, 2.05) is 0 Å². The van der Waals surface area contributed by atoms with Crippen LogP contribution in [0.4, 0.5) is 4.79 Å². The van der Waals surface area contributed by atoms with E-state index < -0.39 is 6.16 Å². The van der Waals surface area contributed by atoms with Crippen LogP contribution in [0.3, 0.4) is 0 Å². The number of carboxylic acid groups (broad SMARTS) is 2. The second-order valence-corrected chi connectivity index (χ2v) is 0.250. The van der Waals surface area contributed by atoms with Gasteiger partial charge < -0.3 is 17.9 Å². The van der Waals surface area contributed by atoms with E-state index in [1.54, 1.807) is 0 Å². The molecular weight excluding hydrogens is 188 g/mol. The zero-order valence-corrected chi connectivity index (χ0v) is 8.82. The monoisotopic (exact) mass is 190 g/mol. The molecule has 5 heteroatoms. The van der Waals surface area contributed by atoms with Gasteiger partial charge in [0.15, 0.2) is 0 Å². The van der Waals surface area contributed by atoms with E-state index in [2.05, 4.69) is 0 Å². The fourth-order valence-corrected chi connectivity index (χ4v) is 0. The van der Waals surface area contributed by atoms with E-state index in [0.29, 0.717) is 0 Å². The molecular formula is CH2CaO3Sr. The maximum atomic E-state index is 8.33. The average Bonchev–Trinajstić information content (AvgIpc) is 0.811. The zero-order valence-electron chi connectivity index (χ0n) is 5.14. The molecule has 0 aromatic rings. The van der Waals surface area contributed by atoms with Crippen LogP contribution in [0.2, 0.25) is 0 Å². The molecule has 28 valence electrons. The first-order chi connectivity index (χ1) is 1.73. The molecule has 0 unspecified atom stereocenters. The van der Waals surface area contributed by atoms with E-state index in [4.69, 9.17) is 15.0 Å². The Balaban J connectivity index is -0.00000000750. The van der Waals surface area contributed by atoms with Gasteiger partial charge in [-0.1, -0.05) is 0 Å². The van der Waals surface area contributed by atoms with Crippen molar-refractivity contribution in [3.63, 3.8) is 0 Å². The largest absolute Gasteiger partial charge is 2.00 e. The SMILES string of the molecule is O=C([O-])[O-].[Ca+2].[H-].[H-].[Sr+2]. The molecule has 0 bridgehead atoms. The van der Waals surface area contributed by atoms with E-state index in [0.717, 1.165) is 0 Å². The predicted molar refractivity (Wildman–Crippen MR) is 19.1 cm³/mol. The van der Waals surface area contributed by atoms with E-state index in [-0.39, 0.29) is 86.1 Å². The Morgan fingerprint density at radius 1 is 1.50 bits per heavy atom. The number of carbonyl (C=O) groups excluding carboxylic acids is 1. The van der Waals surface area contributed by atoms with E-state index >= 15 is 0 Å². The van der Waals surface area contributed by atoms with Crippen molar-refractivity contribution >= 4 is 89.4 Å². The molecule has 0 aromatic heterocycles. The smallest absolute Gasteiger partial charge is 1.00 e. The van der Waals surface area contributed by atoms with E-state index in [9.17, 15) is 0 Å². The molecule has 0 saturated heterocycles. The first-order valence-electron chi connectivity index (χ1n) is 0.612. The molecule has 0 aliphatic heterocycles. The topological polar surface area (TPSA) is 63.2 Å². The van der Waals surface area contributed by atoms with Crippen LogP contribution in [-0.4, -0.2) is 89.4 Å². The number of hydrogen-bond acceptors (Lipinski definition) is 3. The molecule has 0 amide bonds. The minimum atomic E-state index is -2.33. The number of rotatable bonds is 0. The third kappa shape index (κ3) is 37.3. The van der Waals surface area contributed by atoms with Crippen LogP contribution in [0, 0.1) is 0 Å². The molecule has 0 N–H and O–H groups in total. The summed E-state index contributed by atoms with van der Waals surface area (Å²) in [6.07, 6.45) is -2.33. The minimum Gasteiger partial charge on any atom is -1.00 e. The standard InChI is InChI=1S/CH2O3.Ca.Sr.2H/c2-1(3)4;;;;/h(H2,2,3,4);;;;/q;2*+2;2*-1/p-2. The summed E-state index contributed by atoms with van der Waals surface area (Å²) in [5.41, 5.74) is 0. The van der Waals surface area contributed by atoms with Crippen molar-refractivity contribution in [3.8, 4) is 0 Å². The maximum Gasteiger partial charge on any atom is 2.00 e. The Hall–Kier alpha value is 2.01. The Bertz CT molecular complexity index is 40.3. The molecule has 3 nitrogen and oxygen atoms in total. The van der Waals surface area contributed by atoms with Crippen molar-refractivity contribution in [3.05, 3.63) is 0 Å². The van der Waals surface area contributed by atoms with Crippen molar-refractivity contribution in [1.29, 1.82) is 0 Å². The number of carbonyl (C=O) groups is 1. The van der Waals surface area contributed by atoms with Crippen LogP contribution in [0.15, 0.2) is 0 Å². The van der Waals surface area contributed by atoms with Crippen molar-refractivity contribution in [2.45, 2.75) is 0 Å². The van der Waals surface area contributed by atoms with Crippen molar-refractivity contribution in [2.75, 3.05) is 0 Å². The van der Waals surface area contributed by atoms with Crippen LogP contribution in [0.5, 0.6) is 0 Å². The summed E-state index contributed by atoms with van der Waals surface area (Å²) >= 11 is 0. The summed E-state index contributed by atoms with van der Waals surface area (Å²) in [4.78, 5) is 8.33. The summed E-state index contributed by atoms with van der Waals surface area (Å²) < 4.78 is 0. The summed E-state index contributed by atoms with van der Waals surface area (Å²) in [6.45, 7) is 0. The van der Waals surface area contributed by atoms with Crippen LogP contribution in [0.25, 0.3) is 0 Å². The third-order valence-electron chi connectivity index (χ3n) is 0. The quantitative estimate of drug-likeness (QED) is 0.382. The predicted octanol–water partition coefficient (Wildman–Crippen LogP) is -2.98. The fourth-order valence-electron chi connectivity index (χ4n) is 0. The van der Waals surface area contributed by atoms with Gasteiger partial charge in [-0.2, -0.15) is 0 Å². The molecule has 0 aliphatic carbocycles. The van der Waals surface area contributed by atoms with Gasteiger partial charge in [0.2, 0.25) is 0 Å². The Morgan fingerprint density at radius 3 is 1.50 bits per heavy atom.